The van der Waals surface area contributed by atoms with Crippen LogP contribution in [0.3, 0.4) is 0 Å². The van der Waals surface area contributed by atoms with Crippen molar-refractivity contribution in [2.75, 3.05) is 13.1 Å². The first-order valence-electron chi connectivity index (χ1n) is 4.25. The van der Waals surface area contributed by atoms with E-state index in [0.29, 0.717) is 0 Å². The minimum absolute atomic E-state index is 0.787. The molecule has 2 aliphatic rings. The van der Waals surface area contributed by atoms with Crippen LogP contribution in [0.5, 0.6) is 0 Å². The van der Waals surface area contributed by atoms with Gasteiger partial charge in [0.25, 0.3) is 0 Å². The maximum absolute atomic E-state index is 3.46. The third-order valence-corrected chi connectivity index (χ3v) is 2.62. The molecule has 0 bridgehead atoms. The fourth-order valence-corrected chi connectivity index (χ4v) is 1.98. The van der Waals surface area contributed by atoms with Crippen molar-refractivity contribution in [3.8, 4) is 0 Å². The SMILES string of the molecule is [CH]1CCC2CNCCC2N1. The van der Waals surface area contributed by atoms with E-state index in [-0.39, 0.29) is 0 Å². The summed E-state index contributed by atoms with van der Waals surface area (Å²) in [6, 6.07) is 0.787. The Balaban J connectivity index is 1.93. The Morgan fingerprint density at radius 1 is 1.30 bits per heavy atom. The summed E-state index contributed by atoms with van der Waals surface area (Å²) >= 11 is 0. The minimum atomic E-state index is 0.787. The lowest BCUT2D eigenvalue weighted by molar-refractivity contribution is 0.246. The predicted octanol–water partition coefficient (Wildman–Crippen LogP) is 0.510. The summed E-state index contributed by atoms with van der Waals surface area (Å²) in [7, 11) is 0. The van der Waals surface area contributed by atoms with Gasteiger partial charge in [-0.3, -0.25) is 0 Å². The van der Waals surface area contributed by atoms with Crippen molar-refractivity contribution in [2.24, 2.45) is 5.92 Å². The van der Waals surface area contributed by atoms with E-state index in [1.54, 1.807) is 0 Å². The standard InChI is InChI=1S/C8H15N2/c1-2-7-6-9-5-3-8(7)10-4-1/h4,7-10H,1-3,5-6H2. The van der Waals surface area contributed by atoms with Gasteiger partial charge in [0.05, 0.1) is 0 Å². The van der Waals surface area contributed by atoms with E-state index >= 15 is 0 Å². The lowest BCUT2D eigenvalue weighted by Gasteiger charge is -2.36. The number of nitrogens with one attached hydrogen (secondary N) is 2. The van der Waals surface area contributed by atoms with E-state index in [1.165, 1.54) is 32.4 Å². The summed E-state index contributed by atoms with van der Waals surface area (Å²) in [5, 5.41) is 6.89. The average molecular weight is 139 g/mol. The molecule has 0 amide bonds. The molecule has 0 aromatic heterocycles. The molecule has 0 aliphatic carbocycles. The first-order valence-corrected chi connectivity index (χ1v) is 4.25. The van der Waals surface area contributed by atoms with Crippen molar-refractivity contribution in [3.63, 3.8) is 0 Å². The number of hydrogen-bond donors (Lipinski definition) is 2. The van der Waals surface area contributed by atoms with Gasteiger partial charge in [0, 0.05) is 12.6 Å². The highest BCUT2D eigenvalue weighted by molar-refractivity contribution is 4.90. The largest absolute Gasteiger partial charge is 0.316 e. The molecule has 0 aromatic carbocycles. The van der Waals surface area contributed by atoms with Crippen molar-refractivity contribution in [2.45, 2.75) is 25.3 Å². The van der Waals surface area contributed by atoms with Crippen molar-refractivity contribution in [1.82, 2.24) is 10.6 Å². The van der Waals surface area contributed by atoms with Crippen LogP contribution in [0.4, 0.5) is 0 Å². The van der Waals surface area contributed by atoms with Crippen molar-refractivity contribution in [1.29, 1.82) is 0 Å². The lowest BCUT2D eigenvalue weighted by Crippen LogP contribution is -2.49. The van der Waals surface area contributed by atoms with E-state index in [9.17, 15) is 0 Å². The van der Waals surface area contributed by atoms with Crippen LogP contribution in [-0.2, 0) is 0 Å². The van der Waals surface area contributed by atoms with Gasteiger partial charge in [-0.25, -0.2) is 0 Å². The molecule has 1 radical (unpaired) electrons. The summed E-state index contributed by atoms with van der Waals surface area (Å²) in [4.78, 5) is 0. The molecule has 10 heavy (non-hydrogen) atoms. The van der Waals surface area contributed by atoms with Crippen LogP contribution in [0, 0.1) is 12.5 Å². The number of fused-ring (bicyclic) bond motifs is 1. The molecule has 0 spiro atoms. The molecule has 2 heterocycles. The maximum Gasteiger partial charge on any atom is 0.0224 e. The van der Waals surface area contributed by atoms with Gasteiger partial charge in [0.15, 0.2) is 0 Å². The summed E-state index contributed by atoms with van der Waals surface area (Å²) in [5.41, 5.74) is 0. The van der Waals surface area contributed by atoms with Gasteiger partial charge in [-0.05, 0) is 38.3 Å². The van der Waals surface area contributed by atoms with Crippen LogP contribution in [0.25, 0.3) is 0 Å². The molecule has 2 rings (SSSR count). The Bertz CT molecular complexity index is 87.8. The van der Waals surface area contributed by atoms with Gasteiger partial charge in [-0.15, -0.1) is 0 Å². The molecule has 2 saturated heterocycles. The second kappa shape index (κ2) is 2.89. The number of hydrogen-bond acceptors (Lipinski definition) is 2. The van der Waals surface area contributed by atoms with E-state index in [1.807, 2.05) is 0 Å². The van der Waals surface area contributed by atoms with Gasteiger partial charge in [0.2, 0.25) is 0 Å². The highest BCUT2D eigenvalue weighted by atomic mass is 15.0. The summed E-state index contributed by atoms with van der Waals surface area (Å²) in [6.07, 6.45) is 3.94. The third-order valence-electron chi connectivity index (χ3n) is 2.62. The Morgan fingerprint density at radius 2 is 2.30 bits per heavy atom. The van der Waals surface area contributed by atoms with E-state index < -0.39 is 0 Å². The zero-order valence-electron chi connectivity index (χ0n) is 6.27. The molecule has 2 aliphatic heterocycles. The van der Waals surface area contributed by atoms with Gasteiger partial charge in [-0.2, -0.15) is 0 Å². The van der Waals surface area contributed by atoms with Gasteiger partial charge >= 0.3 is 0 Å². The highest BCUT2D eigenvalue weighted by Crippen LogP contribution is 2.21. The second-order valence-electron chi connectivity index (χ2n) is 3.31. The molecule has 2 unspecified atom stereocenters. The minimum Gasteiger partial charge on any atom is -0.316 e. The first-order chi connectivity index (χ1) is 4.97. The van der Waals surface area contributed by atoms with Crippen LogP contribution in [0.15, 0.2) is 0 Å². The molecule has 2 nitrogen and oxygen atoms in total. The summed E-state index contributed by atoms with van der Waals surface area (Å²) < 4.78 is 0. The van der Waals surface area contributed by atoms with E-state index in [0.717, 1.165) is 12.0 Å². The predicted molar refractivity (Wildman–Crippen MR) is 41.4 cm³/mol. The molecule has 0 saturated carbocycles. The van der Waals surface area contributed by atoms with Crippen LogP contribution >= 0.6 is 0 Å². The Kier molecular flexibility index (Phi) is 1.91. The topological polar surface area (TPSA) is 24.1 Å². The maximum atomic E-state index is 3.46. The summed E-state index contributed by atoms with van der Waals surface area (Å²) in [6.45, 7) is 4.65. The van der Waals surface area contributed by atoms with Crippen LogP contribution in [0.1, 0.15) is 19.3 Å². The molecule has 2 fully saturated rings. The number of rotatable bonds is 0. The molecule has 2 heteroatoms. The molecule has 0 aromatic rings. The third kappa shape index (κ3) is 1.18. The Labute approximate surface area is 62.4 Å². The molecular formula is C8H15N2. The van der Waals surface area contributed by atoms with E-state index in [4.69, 9.17) is 0 Å². The van der Waals surface area contributed by atoms with Gasteiger partial charge in [-0.1, -0.05) is 0 Å². The second-order valence-corrected chi connectivity index (χ2v) is 3.31. The van der Waals surface area contributed by atoms with Crippen LogP contribution < -0.4 is 10.6 Å². The molecule has 57 valence electrons. The van der Waals surface area contributed by atoms with Crippen molar-refractivity contribution in [3.05, 3.63) is 6.54 Å². The zero-order valence-corrected chi connectivity index (χ0v) is 6.27. The number of piperidine rings is 2. The van der Waals surface area contributed by atoms with E-state index in [2.05, 4.69) is 17.2 Å². The normalized spacial score (nSPS) is 40.8. The smallest absolute Gasteiger partial charge is 0.0224 e. The first kappa shape index (κ1) is 6.62. The van der Waals surface area contributed by atoms with Crippen molar-refractivity contribution >= 4 is 0 Å². The molecular weight excluding hydrogens is 124 g/mol. The Hall–Kier alpha value is -0.0800. The van der Waals surface area contributed by atoms with Gasteiger partial charge in [0.1, 0.15) is 0 Å². The quantitative estimate of drug-likeness (QED) is 0.511. The highest BCUT2D eigenvalue weighted by Gasteiger charge is 2.26. The summed E-state index contributed by atoms with van der Waals surface area (Å²) in [5.74, 6) is 0.902. The fraction of sp³-hybridized carbons (Fsp3) is 0.875. The average Bonchev–Trinajstić information content (AvgIpc) is 2.05. The Morgan fingerprint density at radius 3 is 3.20 bits per heavy atom. The zero-order chi connectivity index (χ0) is 6.81. The van der Waals surface area contributed by atoms with Crippen LogP contribution in [0.2, 0.25) is 0 Å². The molecule has 2 N–H and O–H groups in total. The lowest BCUT2D eigenvalue weighted by atomic mass is 9.86. The van der Waals surface area contributed by atoms with Gasteiger partial charge < -0.3 is 10.6 Å². The van der Waals surface area contributed by atoms with Crippen LogP contribution in [-0.4, -0.2) is 19.1 Å². The van der Waals surface area contributed by atoms with Crippen molar-refractivity contribution < 1.29 is 0 Å². The monoisotopic (exact) mass is 139 g/mol. The fourth-order valence-electron chi connectivity index (χ4n) is 1.98. The molecule has 2 atom stereocenters.